The lowest BCUT2D eigenvalue weighted by molar-refractivity contribution is 0.390. The van der Waals surface area contributed by atoms with Gasteiger partial charge < -0.3 is 5.11 Å². The van der Waals surface area contributed by atoms with Crippen molar-refractivity contribution in [2.45, 2.75) is 25.9 Å². The topological polar surface area (TPSA) is 64.2 Å². The van der Waals surface area contributed by atoms with Crippen molar-refractivity contribution in [1.82, 2.24) is 9.13 Å². The molecule has 0 spiro atoms. The first-order valence-corrected chi connectivity index (χ1v) is 9.47. The number of benzene rings is 2. The van der Waals surface area contributed by atoms with Crippen molar-refractivity contribution in [3.8, 4) is 5.88 Å². The summed E-state index contributed by atoms with van der Waals surface area (Å²) in [6.45, 7) is 8.54. The molecule has 0 fully saturated rings. The number of allylic oxidation sites excluding steroid dienone is 2. The van der Waals surface area contributed by atoms with E-state index in [-0.39, 0.29) is 19.0 Å². The predicted octanol–water partition coefficient (Wildman–Crippen LogP) is 3.92. The average Bonchev–Trinajstić information content (AvgIpc) is 2.74. The zero-order valence-electron chi connectivity index (χ0n) is 16.3. The van der Waals surface area contributed by atoms with Crippen molar-refractivity contribution in [2.24, 2.45) is 0 Å². The van der Waals surface area contributed by atoms with Crippen LogP contribution in [0.5, 0.6) is 5.88 Å². The lowest BCUT2D eigenvalue weighted by Crippen LogP contribution is -2.39. The highest BCUT2D eigenvalue weighted by Gasteiger charge is 2.12. The summed E-state index contributed by atoms with van der Waals surface area (Å²) in [5.74, 6) is -0.334. The number of aromatic hydroxyl groups is 1. The van der Waals surface area contributed by atoms with Crippen molar-refractivity contribution in [3.05, 3.63) is 112 Å². The molecule has 0 aliphatic carbocycles. The van der Waals surface area contributed by atoms with Gasteiger partial charge in [0, 0.05) is 13.1 Å². The van der Waals surface area contributed by atoms with Crippen LogP contribution in [0.2, 0.25) is 0 Å². The maximum absolute atomic E-state index is 12.8. The van der Waals surface area contributed by atoms with E-state index in [9.17, 15) is 14.7 Å². The highest BCUT2D eigenvalue weighted by molar-refractivity contribution is 5.63. The van der Waals surface area contributed by atoms with Crippen LogP contribution in [-0.4, -0.2) is 14.2 Å². The minimum Gasteiger partial charge on any atom is -0.494 e. The molecule has 148 valence electrons. The molecule has 1 N–H and O–H groups in total. The number of aromatic nitrogens is 2. The number of hydrogen-bond donors (Lipinski definition) is 1. The van der Waals surface area contributed by atoms with Gasteiger partial charge in [-0.25, -0.2) is 4.79 Å². The van der Waals surface area contributed by atoms with Gasteiger partial charge in [-0.3, -0.25) is 13.9 Å². The van der Waals surface area contributed by atoms with E-state index >= 15 is 0 Å². The molecule has 3 aromatic rings. The van der Waals surface area contributed by atoms with Crippen LogP contribution in [0.15, 0.2) is 89.5 Å². The summed E-state index contributed by atoms with van der Waals surface area (Å²) in [6.07, 6.45) is 0.938. The van der Waals surface area contributed by atoms with Crippen molar-refractivity contribution in [2.75, 3.05) is 0 Å². The van der Waals surface area contributed by atoms with E-state index in [1.54, 1.807) is 0 Å². The van der Waals surface area contributed by atoms with Crippen LogP contribution >= 0.6 is 0 Å². The molecule has 0 aliphatic heterocycles. The summed E-state index contributed by atoms with van der Waals surface area (Å²) in [7, 11) is 0. The minimum absolute atomic E-state index is 0.200. The molecule has 5 heteroatoms. The lowest BCUT2D eigenvalue weighted by Gasteiger charge is -2.13. The van der Waals surface area contributed by atoms with Gasteiger partial charge in [-0.1, -0.05) is 73.8 Å². The van der Waals surface area contributed by atoms with Gasteiger partial charge in [-0.2, -0.15) is 0 Å². The number of nitrogens with zero attached hydrogens (tertiary/aromatic N) is 2. The number of rotatable bonds is 8. The van der Waals surface area contributed by atoms with Crippen LogP contribution in [0, 0.1) is 0 Å². The molecule has 0 bridgehead atoms. The lowest BCUT2D eigenvalue weighted by atomic mass is 10.0. The summed E-state index contributed by atoms with van der Waals surface area (Å²) in [5, 5.41) is 10.1. The quantitative estimate of drug-likeness (QED) is 0.636. The Morgan fingerprint density at radius 2 is 1.21 bits per heavy atom. The van der Waals surface area contributed by atoms with Crippen LogP contribution < -0.4 is 11.2 Å². The molecule has 29 heavy (non-hydrogen) atoms. The second-order valence-corrected chi connectivity index (χ2v) is 6.87. The Kier molecular flexibility index (Phi) is 6.29. The molecule has 3 rings (SSSR count). The summed E-state index contributed by atoms with van der Waals surface area (Å²) in [6, 6.07) is 20.4. The Hall–Kier alpha value is -3.60. The molecule has 0 atom stereocenters. The monoisotopic (exact) mass is 388 g/mol. The zero-order chi connectivity index (χ0) is 20.8. The summed E-state index contributed by atoms with van der Waals surface area (Å²) < 4.78 is 2.35. The number of hydrogen-bond acceptors (Lipinski definition) is 3. The van der Waals surface area contributed by atoms with E-state index in [1.165, 1.54) is 4.57 Å². The second kappa shape index (κ2) is 9.06. The summed E-state index contributed by atoms with van der Waals surface area (Å²) in [5.41, 5.74) is 2.59. The van der Waals surface area contributed by atoms with Gasteiger partial charge in [0.25, 0.3) is 5.56 Å². The van der Waals surface area contributed by atoms with E-state index < -0.39 is 11.2 Å². The van der Waals surface area contributed by atoms with Crippen LogP contribution in [-0.2, 0) is 13.1 Å². The fraction of sp³-hybridized carbons (Fsp3) is 0.167. The molecule has 0 aliphatic rings. The molecule has 0 radical (unpaired) electrons. The fourth-order valence-corrected chi connectivity index (χ4v) is 3.15. The average molecular weight is 388 g/mol. The van der Waals surface area contributed by atoms with E-state index in [0.29, 0.717) is 12.8 Å². The Bertz CT molecular complexity index is 1130. The van der Waals surface area contributed by atoms with Crippen molar-refractivity contribution >= 4 is 11.1 Å². The molecule has 1 heterocycles. The van der Waals surface area contributed by atoms with Crippen molar-refractivity contribution < 1.29 is 5.11 Å². The Labute approximate surface area is 169 Å². The van der Waals surface area contributed by atoms with Gasteiger partial charge in [-0.15, -0.1) is 0 Å². The minimum atomic E-state index is -0.531. The Balaban J connectivity index is 1.76. The Morgan fingerprint density at radius 3 is 1.69 bits per heavy atom. The third-order valence-electron chi connectivity index (χ3n) is 4.90. The highest BCUT2D eigenvalue weighted by Crippen LogP contribution is 2.18. The highest BCUT2D eigenvalue weighted by atomic mass is 16.3. The van der Waals surface area contributed by atoms with E-state index in [2.05, 4.69) is 13.2 Å². The van der Waals surface area contributed by atoms with Crippen LogP contribution in [0.3, 0.4) is 0 Å². The Morgan fingerprint density at radius 1 is 0.759 bits per heavy atom. The largest absolute Gasteiger partial charge is 0.494 e. The molecule has 0 unspecified atom stereocenters. The van der Waals surface area contributed by atoms with E-state index in [0.717, 1.165) is 32.9 Å². The van der Waals surface area contributed by atoms with Crippen LogP contribution in [0.25, 0.3) is 11.1 Å². The summed E-state index contributed by atoms with van der Waals surface area (Å²) >= 11 is 0. The summed E-state index contributed by atoms with van der Waals surface area (Å²) in [4.78, 5) is 25.1. The van der Waals surface area contributed by atoms with Crippen LogP contribution in [0.1, 0.15) is 24.0 Å². The van der Waals surface area contributed by atoms with Crippen molar-refractivity contribution in [1.29, 1.82) is 0 Å². The molecular weight excluding hydrogens is 364 g/mol. The molecule has 1 aromatic heterocycles. The first-order valence-electron chi connectivity index (χ1n) is 9.47. The predicted molar refractivity (Wildman–Crippen MR) is 117 cm³/mol. The van der Waals surface area contributed by atoms with E-state index in [4.69, 9.17) is 0 Å². The normalized spacial score (nSPS) is 10.6. The molecular formula is C24H24N2O3. The van der Waals surface area contributed by atoms with Gasteiger partial charge in [0.2, 0.25) is 5.88 Å². The van der Waals surface area contributed by atoms with Crippen LogP contribution in [0.4, 0.5) is 0 Å². The molecule has 2 aromatic carbocycles. The SMILES string of the molecule is C=C(CCn1c(O)cc(=O)n(CCC(=C)c2ccccc2)c1=O)c1ccccc1. The molecule has 0 saturated heterocycles. The molecule has 0 saturated carbocycles. The third-order valence-corrected chi connectivity index (χ3v) is 4.90. The molecule has 0 amide bonds. The smallest absolute Gasteiger partial charge is 0.333 e. The first kappa shape index (κ1) is 20.1. The van der Waals surface area contributed by atoms with Crippen molar-refractivity contribution in [3.63, 3.8) is 0 Å². The maximum Gasteiger partial charge on any atom is 0.333 e. The standard InChI is InChI=1S/C24H24N2O3/c1-18(20-9-5-3-6-10-20)13-15-25-22(27)17-23(28)26(24(25)29)16-14-19(2)21-11-7-4-8-12-21/h3-12,17,27H,1-2,13-16H2. The van der Waals surface area contributed by atoms with Gasteiger partial charge in [0.05, 0.1) is 6.07 Å². The van der Waals surface area contributed by atoms with Gasteiger partial charge in [0.15, 0.2) is 0 Å². The second-order valence-electron chi connectivity index (χ2n) is 6.87. The molecule has 5 nitrogen and oxygen atoms in total. The zero-order valence-corrected chi connectivity index (χ0v) is 16.3. The van der Waals surface area contributed by atoms with E-state index in [1.807, 2.05) is 60.7 Å². The van der Waals surface area contributed by atoms with Gasteiger partial charge in [0.1, 0.15) is 0 Å². The van der Waals surface area contributed by atoms with Gasteiger partial charge >= 0.3 is 5.69 Å². The fourth-order valence-electron chi connectivity index (χ4n) is 3.15. The third kappa shape index (κ3) is 4.82. The first-order chi connectivity index (χ1) is 14.0. The maximum atomic E-state index is 12.8. The van der Waals surface area contributed by atoms with Gasteiger partial charge in [-0.05, 0) is 35.1 Å².